The lowest BCUT2D eigenvalue weighted by atomic mass is 10.2. The van der Waals surface area contributed by atoms with Crippen molar-refractivity contribution in [1.82, 2.24) is 0 Å². The number of rotatable bonds is 3. The molecule has 0 fully saturated rings. The Morgan fingerprint density at radius 2 is 2.00 bits per heavy atom. The maximum absolute atomic E-state index is 5.68. The average Bonchev–Trinajstić information content (AvgIpc) is 2.73. The molecule has 0 radical (unpaired) electrons. The van der Waals surface area contributed by atoms with E-state index in [1.54, 1.807) is 18.4 Å². The lowest BCUT2D eigenvalue weighted by molar-refractivity contribution is 0.518. The van der Waals surface area contributed by atoms with Gasteiger partial charge in [0.1, 0.15) is 5.76 Å². The molecule has 0 saturated carbocycles. The average molecular weight is 203 g/mol. The Hall–Kier alpha value is -2.10. The molecule has 0 saturated heterocycles. The second-order valence-electron chi connectivity index (χ2n) is 3.28. The third-order valence-corrected chi connectivity index (χ3v) is 2.13. The molecule has 4 nitrogen and oxygen atoms in total. The van der Waals surface area contributed by atoms with E-state index in [-0.39, 0.29) is 0 Å². The van der Waals surface area contributed by atoms with Gasteiger partial charge >= 0.3 is 0 Å². The van der Waals surface area contributed by atoms with E-state index >= 15 is 0 Å². The predicted octanol–water partition coefficient (Wildman–Crippen LogP) is 2.06. The van der Waals surface area contributed by atoms with Crippen LogP contribution in [0.3, 0.4) is 0 Å². The number of anilines is 3. The monoisotopic (exact) mass is 203 g/mol. The number of hydrogen-bond donors (Lipinski definition) is 3. The maximum Gasteiger partial charge on any atom is 0.122 e. The van der Waals surface area contributed by atoms with Crippen molar-refractivity contribution in [3.05, 3.63) is 42.4 Å². The first kappa shape index (κ1) is 9.45. The van der Waals surface area contributed by atoms with Gasteiger partial charge in [-0.25, -0.2) is 0 Å². The molecule has 5 N–H and O–H groups in total. The summed E-state index contributed by atoms with van der Waals surface area (Å²) < 4.78 is 5.19. The minimum Gasteiger partial charge on any atom is -0.467 e. The van der Waals surface area contributed by atoms with Crippen LogP contribution in [0.4, 0.5) is 17.1 Å². The number of nitrogens with two attached hydrogens (primary N) is 2. The minimum absolute atomic E-state index is 0.583. The van der Waals surface area contributed by atoms with Gasteiger partial charge < -0.3 is 21.2 Å². The lowest BCUT2D eigenvalue weighted by Gasteiger charge is -2.06. The minimum atomic E-state index is 0.583. The van der Waals surface area contributed by atoms with Crippen LogP contribution in [-0.4, -0.2) is 0 Å². The zero-order valence-corrected chi connectivity index (χ0v) is 8.23. The Balaban J connectivity index is 2.02. The fourth-order valence-corrected chi connectivity index (χ4v) is 1.29. The molecule has 2 rings (SSSR count). The zero-order valence-electron chi connectivity index (χ0n) is 8.23. The summed E-state index contributed by atoms with van der Waals surface area (Å²) in [6, 6.07) is 9.23. The molecule has 15 heavy (non-hydrogen) atoms. The largest absolute Gasteiger partial charge is 0.467 e. The predicted molar refractivity (Wildman–Crippen MR) is 61.3 cm³/mol. The molecular formula is C11H13N3O. The van der Waals surface area contributed by atoms with Crippen LogP contribution >= 0.6 is 0 Å². The summed E-state index contributed by atoms with van der Waals surface area (Å²) in [5, 5.41) is 3.19. The van der Waals surface area contributed by atoms with Crippen LogP contribution in [0.15, 0.2) is 41.0 Å². The van der Waals surface area contributed by atoms with E-state index in [2.05, 4.69) is 5.32 Å². The quantitative estimate of drug-likeness (QED) is 0.667. The number of nitrogen functional groups attached to an aromatic ring is 2. The highest BCUT2D eigenvalue weighted by Gasteiger charge is 1.98. The molecule has 0 aliphatic heterocycles. The maximum atomic E-state index is 5.68. The molecule has 0 bridgehead atoms. The summed E-state index contributed by atoms with van der Waals surface area (Å²) in [7, 11) is 0. The van der Waals surface area contributed by atoms with E-state index < -0.39 is 0 Å². The van der Waals surface area contributed by atoms with Crippen molar-refractivity contribution in [3.8, 4) is 0 Å². The second kappa shape index (κ2) is 3.96. The van der Waals surface area contributed by atoms with E-state index in [0.717, 1.165) is 11.4 Å². The van der Waals surface area contributed by atoms with E-state index in [4.69, 9.17) is 15.9 Å². The fourth-order valence-electron chi connectivity index (χ4n) is 1.29. The van der Waals surface area contributed by atoms with Crippen molar-refractivity contribution >= 4 is 17.1 Å². The van der Waals surface area contributed by atoms with Crippen LogP contribution in [0.5, 0.6) is 0 Å². The molecule has 0 spiro atoms. The number of hydrogen-bond acceptors (Lipinski definition) is 4. The molecule has 0 atom stereocenters. The lowest BCUT2D eigenvalue weighted by Crippen LogP contribution is -2.00. The molecule has 78 valence electrons. The van der Waals surface area contributed by atoms with Crippen LogP contribution in [0.2, 0.25) is 0 Å². The topological polar surface area (TPSA) is 77.2 Å². The van der Waals surface area contributed by atoms with Gasteiger partial charge in [0.05, 0.1) is 24.2 Å². The molecule has 0 aliphatic rings. The number of furan rings is 1. The van der Waals surface area contributed by atoms with Gasteiger partial charge in [-0.3, -0.25) is 0 Å². The summed E-state index contributed by atoms with van der Waals surface area (Å²) >= 11 is 0. The van der Waals surface area contributed by atoms with E-state index in [9.17, 15) is 0 Å². The van der Waals surface area contributed by atoms with Crippen LogP contribution < -0.4 is 16.8 Å². The Morgan fingerprint density at radius 1 is 1.13 bits per heavy atom. The van der Waals surface area contributed by atoms with Crippen molar-refractivity contribution in [2.45, 2.75) is 6.54 Å². The van der Waals surface area contributed by atoms with Gasteiger partial charge in [0.15, 0.2) is 0 Å². The normalized spacial score (nSPS) is 10.1. The van der Waals surface area contributed by atoms with Crippen LogP contribution in [-0.2, 0) is 6.54 Å². The van der Waals surface area contributed by atoms with Crippen molar-refractivity contribution in [1.29, 1.82) is 0 Å². The SMILES string of the molecule is Nc1ccc(NCc2ccco2)cc1N. The van der Waals surface area contributed by atoms with Gasteiger partial charge in [-0.1, -0.05) is 0 Å². The Kier molecular flexibility index (Phi) is 2.49. The zero-order chi connectivity index (χ0) is 10.7. The Bertz CT molecular complexity index is 437. The Labute approximate surface area is 87.9 Å². The molecule has 1 aromatic carbocycles. The summed E-state index contributed by atoms with van der Waals surface area (Å²) in [4.78, 5) is 0. The molecule has 4 heteroatoms. The summed E-state index contributed by atoms with van der Waals surface area (Å²) in [5.74, 6) is 0.880. The fraction of sp³-hybridized carbons (Fsp3) is 0.0909. The first-order valence-corrected chi connectivity index (χ1v) is 4.67. The number of nitrogens with one attached hydrogen (secondary N) is 1. The number of benzene rings is 1. The molecule has 2 aromatic rings. The summed E-state index contributed by atoms with van der Waals surface area (Å²) in [5.41, 5.74) is 13.4. The Morgan fingerprint density at radius 3 is 2.67 bits per heavy atom. The van der Waals surface area contributed by atoms with E-state index in [1.807, 2.05) is 18.2 Å². The molecular weight excluding hydrogens is 190 g/mol. The van der Waals surface area contributed by atoms with E-state index in [1.165, 1.54) is 0 Å². The highest BCUT2D eigenvalue weighted by Crippen LogP contribution is 2.20. The second-order valence-corrected chi connectivity index (χ2v) is 3.28. The van der Waals surface area contributed by atoms with Crippen LogP contribution in [0.25, 0.3) is 0 Å². The van der Waals surface area contributed by atoms with Gasteiger partial charge in [-0.15, -0.1) is 0 Å². The molecule has 0 unspecified atom stereocenters. The standard InChI is InChI=1S/C11H13N3O/c12-10-4-3-8(6-11(10)13)14-7-9-2-1-5-15-9/h1-6,14H,7,12-13H2. The molecule has 0 aliphatic carbocycles. The third-order valence-electron chi connectivity index (χ3n) is 2.13. The van der Waals surface area contributed by atoms with Gasteiger partial charge in [0.25, 0.3) is 0 Å². The van der Waals surface area contributed by atoms with Gasteiger partial charge in [0.2, 0.25) is 0 Å². The van der Waals surface area contributed by atoms with Crippen molar-refractivity contribution in [3.63, 3.8) is 0 Å². The third kappa shape index (κ3) is 2.22. The van der Waals surface area contributed by atoms with Crippen LogP contribution in [0.1, 0.15) is 5.76 Å². The van der Waals surface area contributed by atoms with Crippen molar-refractivity contribution in [2.75, 3.05) is 16.8 Å². The van der Waals surface area contributed by atoms with Gasteiger partial charge in [-0.2, -0.15) is 0 Å². The first-order valence-electron chi connectivity index (χ1n) is 4.67. The van der Waals surface area contributed by atoms with Gasteiger partial charge in [0, 0.05) is 5.69 Å². The highest BCUT2D eigenvalue weighted by atomic mass is 16.3. The summed E-state index contributed by atoms with van der Waals surface area (Å²) in [6.45, 7) is 0.635. The van der Waals surface area contributed by atoms with Crippen LogP contribution in [0, 0.1) is 0 Å². The van der Waals surface area contributed by atoms with E-state index in [0.29, 0.717) is 17.9 Å². The highest BCUT2D eigenvalue weighted by molar-refractivity contribution is 5.69. The first-order chi connectivity index (χ1) is 7.25. The van der Waals surface area contributed by atoms with Crippen molar-refractivity contribution in [2.24, 2.45) is 0 Å². The van der Waals surface area contributed by atoms with Gasteiger partial charge in [-0.05, 0) is 30.3 Å². The molecule has 0 amide bonds. The summed E-state index contributed by atoms with van der Waals surface area (Å²) in [6.07, 6.45) is 1.65. The molecule has 1 heterocycles. The van der Waals surface area contributed by atoms with Crippen molar-refractivity contribution < 1.29 is 4.42 Å². The molecule has 1 aromatic heterocycles. The smallest absolute Gasteiger partial charge is 0.122 e.